The van der Waals surface area contributed by atoms with Crippen molar-refractivity contribution in [1.82, 2.24) is 9.55 Å². The molecule has 0 unspecified atom stereocenters. The summed E-state index contributed by atoms with van der Waals surface area (Å²) in [5, 5.41) is 1.90. The molecule has 1 fully saturated rings. The number of allylic oxidation sites excluding steroid dienone is 1. The Kier molecular flexibility index (Phi) is 4.78. The molecule has 0 aliphatic heterocycles. The molecule has 2 heterocycles. The summed E-state index contributed by atoms with van der Waals surface area (Å²) in [6.07, 6.45) is 7.30. The number of hydrogen-bond acceptors (Lipinski definition) is 4. The van der Waals surface area contributed by atoms with E-state index in [1.54, 1.807) is 6.08 Å². The lowest BCUT2D eigenvalue weighted by molar-refractivity contribution is 0.0990. The summed E-state index contributed by atoms with van der Waals surface area (Å²) in [6.45, 7) is 0. The molecule has 2 aliphatic carbocycles. The standard InChI is InChI=1S/C31H24N2O3/c34-29-23-15-20-11-7-8-12-21(20)16-24(23)30(35)25(29)17-28-32-31-26(33(28)22-13-5-2-6-14-22)18-27(36-31)19-9-3-1-4-10-19/h1,3-4,7-12,15-18,22H,2,5-6,13-14H2. The van der Waals surface area contributed by atoms with Gasteiger partial charge in [0.05, 0.1) is 5.57 Å². The van der Waals surface area contributed by atoms with Gasteiger partial charge in [-0.05, 0) is 41.8 Å². The minimum absolute atomic E-state index is 0.174. The van der Waals surface area contributed by atoms with Crippen LogP contribution in [0, 0.1) is 0 Å². The molecule has 1 saturated carbocycles. The van der Waals surface area contributed by atoms with Crippen molar-refractivity contribution in [3.63, 3.8) is 0 Å². The van der Waals surface area contributed by atoms with E-state index in [1.807, 2.05) is 72.8 Å². The Hall–Kier alpha value is -4.25. The van der Waals surface area contributed by atoms with Crippen LogP contribution in [-0.2, 0) is 0 Å². The Labute approximate surface area is 208 Å². The third-order valence-electron chi connectivity index (χ3n) is 7.55. The lowest BCUT2D eigenvalue weighted by Crippen LogP contribution is -2.14. The van der Waals surface area contributed by atoms with Crippen LogP contribution in [0.4, 0.5) is 0 Å². The second kappa shape index (κ2) is 8.16. The molecule has 3 aromatic carbocycles. The van der Waals surface area contributed by atoms with Gasteiger partial charge in [0.2, 0.25) is 5.71 Å². The van der Waals surface area contributed by atoms with Crippen molar-refractivity contribution >= 4 is 39.6 Å². The van der Waals surface area contributed by atoms with Gasteiger partial charge in [-0.25, -0.2) is 0 Å². The molecule has 5 heteroatoms. The molecular formula is C31H24N2O3. The van der Waals surface area contributed by atoms with Crippen molar-refractivity contribution in [2.45, 2.75) is 38.1 Å². The lowest BCUT2D eigenvalue weighted by Gasteiger charge is -2.24. The third-order valence-corrected chi connectivity index (χ3v) is 7.55. The fourth-order valence-electron chi connectivity index (χ4n) is 5.74. The predicted molar refractivity (Wildman–Crippen MR) is 140 cm³/mol. The van der Waals surface area contributed by atoms with Crippen LogP contribution in [-0.4, -0.2) is 21.1 Å². The number of Topliss-reactive ketones (excluding diaryl/α,β-unsaturated/α-hetero) is 2. The molecule has 2 aliphatic rings. The van der Waals surface area contributed by atoms with Gasteiger partial charge in [0.15, 0.2) is 11.6 Å². The minimum Gasteiger partial charge on any atom is -0.436 e. The summed E-state index contributed by atoms with van der Waals surface area (Å²) >= 11 is 0. The van der Waals surface area contributed by atoms with Crippen LogP contribution in [0.15, 0.2) is 82.8 Å². The lowest BCUT2D eigenvalue weighted by atomic mass is 9.95. The molecule has 2 aromatic heterocycles. The van der Waals surface area contributed by atoms with Crippen molar-refractivity contribution in [2.24, 2.45) is 0 Å². The molecule has 0 N–H and O–H groups in total. The van der Waals surface area contributed by atoms with Crippen LogP contribution in [0.3, 0.4) is 0 Å². The van der Waals surface area contributed by atoms with Gasteiger partial charge in [-0.2, -0.15) is 4.98 Å². The largest absolute Gasteiger partial charge is 0.436 e. The maximum Gasteiger partial charge on any atom is 0.245 e. The molecule has 0 atom stereocenters. The van der Waals surface area contributed by atoms with E-state index in [-0.39, 0.29) is 23.2 Å². The molecule has 7 rings (SSSR count). The van der Waals surface area contributed by atoms with Crippen molar-refractivity contribution in [3.05, 3.63) is 95.3 Å². The maximum atomic E-state index is 13.4. The number of benzene rings is 3. The Morgan fingerprint density at radius 1 is 0.806 bits per heavy atom. The Morgan fingerprint density at radius 3 is 2.11 bits per heavy atom. The second-order valence-corrected chi connectivity index (χ2v) is 9.76. The number of aromatic nitrogens is 2. The molecule has 0 spiro atoms. The minimum atomic E-state index is -0.236. The first-order valence-electron chi connectivity index (χ1n) is 12.6. The molecule has 5 nitrogen and oxygen atoms in total. The van der Waals surface area contributed by atoms with E-state index < -0.39 is 0 Å². The van der Waals surface area contributed by atoms with Crippen molar-refractivity contribution < 1.29 is 14.0 Å². The normalized spacial score (nSPS) is 16.3. The highest BCUT2D eigenvalue weighted by molar-refractivity contribution is 6.42. The van der Waals surface area contributed by atoms with Gasteiger partial charge in [0, 0.05) is 28.8 Å². The van der Waals surface area contributed by atoms with E-state index in [0.717, 1.165) is 53.3 Å². The number of carbonyl (C=O) groups excluding carboxylic acids is 2. The van der Waals surface area contributed by atoms with Gasteiger partial charge in [0.1, 0.15) is 17.1 Å². The SMILES string of the molecule is O=C1C(=Cc2nc3oc(-c4ccccc4)cc3n2C2CCCCC2)C(=O)c2cc3ccccc3cc21. The maximum absolute atomic E-state index is 13.4. The van der Waals surface area contributed by atoms with Crippen LogP contribution >= 0.6 is 0 Å². The van der Waals surface area contributed by atoms with Gasteiger partial charge in [-0.15, -0.1) is 0 Å². The fourth-order valence-corrected chi connectivity index (χ4v) is 5.74. The summed E-state index contributed by atoms with van der Waals surface area (Å²) < 4.78 is 8.36. The molecule has 176 valence electrons. The van der Waals surface area contributed by atoms with Crippen molar-refractivity contribution in [3.8, 4) is 11.3 Å². The monoisotopic (exact) mass is 472 g/mol. The number of ketones is 2. The second-order valence-electron chi connectivity index (χ2n) is 9.76. The van der Waals surface area contributed by atoms with Crippen LogP contribution < -0.4 is 0 Å². The topological polar surface area (TPSA) is 65.1 Å². The van der Waals surface area contributed by atoms with Crippen LogP contribution in [0.25, 0.3) is 39.4 Å². The summed E-state index contributed by atoms with van der Waals surface area (Å²) in [4.78, 5) is 31.6. The smallest absolute Gasteiger partial charge is 0.245 e. The van der Waals surface area contributed by atoms with E-state index in [4.69, 9.17) is 9.40 Å². The van der Waals surface area contributed by atoms with Gasteiger partial charge in [-0.3, -0.25) is 9.59 Å². The first kappa shape index (κ1) is 21.1. The van der Waals surface area contributed by atoms with Crippen LogP contribution in [0.5, 0.6) is 0 Å². The summed E-state index contributed by atoms with van der Waals surface area (Å²) in [7, 11) is 0. The highest BCUT2D eigenvalue weighted by atomic mass is 16.3. The number of carbonyl (C=O) groups is 2. The molecule has 0 saturated heterocycles. The van der Waals surface area contributed by atoms with Crippen LogP contribution in [0.1, 0.15) is 64.7 Å². The quantitative estimate of drug-likeness (QED) is 0.202. The molecule has 36 heavy (non-hydrogen) atoms. The van der Waals surface area contributed by atoms with E-state index in [1.165, 1.54) is 6.42 Å². The Bertz CT molecular complexity index is 1640. The summed E-state index contributed by atoms with van der Waals surface area (Å²) in [5.41, 5.74) is 3.55. The highest BCUT2D eigenvalue weighted by Gasteiger charge is 2.34. The molecule has 5 aromatic rings. The fraction of sp³-hybridized carbons (Fsp3) is 0.194. The number of rotatable bonds is 3. The zero-order chi connectivity index (χ0) is 24.2. The van der Waals surface area contributed by atoms with Gasteiger partial charge < -0.3 is 8.98 Å². The molecule has 0 bridgehead atoms. The first-order valence-corrected chi connectivity index (χ1v) is 12.6. The van der Waals surface area contributed by atoms with E-state index in [9.17, 15) is 9.59 Å². The van der Waals surface area contributed by atoms with Crippen LogP contribution in [0.2, 0.25) is 0 Å². The average molecular weight is 473 g/mol. The molecule has 0 radical (unpaired) electrons. The van der Waals surface area contributed by atoms with Gasteiger partial charge in [-0.1, -0.05) is 73.9 Å². The van der Waals surface area contributed by atoms with Crippen molar-refractivity contribution in [2.75, 3.05) is 0 Å². The summed E-state index contributed by atoms with van der Waals surface area (Å²) in [5.74, 6) is 0.911. The van der Waals surface area contributed by atoms with Gasteiger partial charge >= 0.3 is 0 Å². The third kappa shape index (κ3) is 3.27. The first-order chi connectivity index (χ1) is 17.7. The van der Waals surface area contributed by atoms with E-state index in [2.05, 4.69) is 4.57 Å². The number of nitrogens with zero attached hydrogens (tertiary/aromatic N) is 2. The predicted octanol–water partition coefficient (Wildman–Crippen LogP) is 7.42. The molecular weight excluding hydrogens is 448 g/mol. The number of imidazole rings is 1. The summed E-state index contributed by atoms with van der Waals surface area (Å²) in [6, 6.07) is 23.7. The Morgan fingerprint density at radius 2 is 1.44 bits per heavy atom. The average Bonchev–Trinajstić information content (AvgIpc) is 3.55. The molecule has 0 amide bonds. The highest BCUT2D eigenvalue weighted by Crippen LogP contribution is 2.37. The Balaban J connectivity index is 1.36. The van der Waals surface area contributed by atoms with E-state index in [0.29, 0.717) is 22.7 Å². The van der Waals surface area contributed by atoms with E-state index >= 15 is 0 Å². The van der Waals surface area contributed by atoms with Gasteiger partial charge in [0.25, 0.3) is 0 Å². The zero-order valence-electron chi connectivity index (χ0n) is 19.7. The number of furan rings is 1. The number of hydrogen-bond donors (Lipinski definition) is 0. The van der Waals surface area contributed by atoms with Crippen molar-refractivity contribution in [1.29, 1.82) is 0 Å². The zero-order valence-corrected chi connectivity index (χ0v) is 19.7. The number of fused-ring (bicyclic) bond motifs is 3.